The molecule has 0 saturated heterocycles. The zero-order chi connectivity index (χ0) is 16.4. The van der Waals surface area contributed by atoms with E-state index in [0.29, 0.717) is 9.90 Å². The minimum absolute atomic E-state index is 0.294. The van der Waals surface area contributed by atoms with Gasteiger partial charge in [-0.2, -0.15) is 5.10 Å². The van der Waals surface area contributed by atoms with Gasteiger partial charge in [-0.05, 0) is 31.0 Å². The lowest BCUT2D eigenvalue weighted by Crippen LogP contribution is -2.16. The summed E-state index contributed by atoms with van der Waals surface area (Å²) in [4.78, 5) is 12.7. The molecule has 0 aliphatic heterocycles. The highest BCUT2D eigenvalue weighted by Crippen LogP contribution is 2.35. The maximum Gasteiger partial charge on any atom is 0.283 e. The van der Waals surface area contributed by atoms with E-state index in [-0.39, 0.29) is 5.91 Å². The molecule has 23 heavy (non-hydrogen) atoms. The number of benzene rings is 2. The van der Waals surface area contributed by atoms with Crippen molar-refractivity contribution in [3.63, 3.8) is 0 Å². The van der Waals surface area contributed by atoms with Crippen molar-refractivity contribution in [2.75, 3.05) is 0 Å². The number of aryl methyl sites for hydroxylation is 2. The summed E-state index contributed by atoms with van der Waals surface area (Å²) < 4.78 is 1.00. The maximum absolute atomic E-state index is 12.3. The molecule has 0 unspecified atom stereocenters. The van der Waals surface area contributed by atoms with Gasteiger partial charge in [0, 0.05) is 10.1 Å². The van der Waals surface area contributed by atoms with Gasteiger partial charge in [0.25, 0.3) is 5.91 Å². The van der Waals surface area contributed by atoms with Crippen LogP contribution in [0.4, 0.5) is 0 Å². The lowest BCUT2D eigenvalue weighted by molar-refractivity contribution is 0.0959. The number of carbonyl (C=O) groups excluding carboxylic acids is 1. The lowest BCUT2D eigenvalue weighted by Gasteiger charge is -1.98. The Kier molecular flexibility index (Phi) is 4.46. The predicted molar refractivity (Wildman–Crippen MR) is 97.8 cm³/mol. The monoisotopic (exact) mass is 342 g/mol. The second-order valence-corrected chi connectivity index (χ2v) is 6.78. The molecule has 0 radical (unpaired) electrons. The number of carbonyl (C=O) groups is 1. The van der Waals surface area contributed by atoms with Crippen LogP contribution in [0.5, 0.6) is 0 Å². The molecule has 1 heterocycles. The maximum atomic E-state index is 12.3. The Morgan fingerprint density at radius 1 is 1.13 bits per heavy atom. The molecule has 0 bridgehead atoms. The van der Waals surface area contributed by atoms with Gasteiger partial charge in [-0.3, -0.25) is 4.79 Å². The van der Waals surface area contributed by atoms with Crippen LogP contribution in [0.2, 0.25) is 5.02 Å². The van der Waals surface area contributed by atoms with E-state index in [0.717, 1.165) is 21.2 Å². The van der Waals surface area contributed by atoms with Crippen molar-refractivity contribution in [2.24, 2.45) is 5.10 Å². The molecule has 116 valence electrons. The Morgan fingerprint density at radius 2 is 1.83 bits per heavy atom. The SMILES string of the molecule is Cc1ccc(C=NNC(=O)c2sc3cc(C)ccc3c2Cl)cc1. The summed E-state index contributed by atoms with van der Waals surface area (Å²) in [6.07, 6.45) is 1.61. The molecule has 3 aromatic rings. The smallest absolute Gasteiger partial charge is 0.266 e. The second-order valence-electron chi connectivity index (χ2n) is 5.35. The number of rotatable bonds is 3. The molecule has 0 aliphatic carbocycles. The number of nitrogens with zero attached hydrogens (tertiary/aromatic N) is 1. The van der Waals surface area contributed by atoms with Gasteiger partial charge in [-0.15, -0.1) is 11.3 Å². The second kappa shape index (κ2) is 6.52. The first kappa shape index (κ1) is 15.7. The van der Waals surface area contributed by atoms with Gasteiger partial charge in [0.1, 0.15) is 4.88 Å². The largest absolute Gasteiger partial charge is 0.283 e. The van der Waals surface area contributed by atoms with Crippen LogP contribution in [0.1, 0.15) is 26.4 Å². The van der Waals surface area contributed by atoms with E-state index < -0.39 is 0 Å². The summed E-state index contributed by atoms with van der Waals surface area (Å²) in [6, 6.07) is 13.8. The summed E-state index contributed by atoms with van der Waals surface area (Å²) in [5.74, 6) is -0.294. The van der Waals surface area contributed by atoms with Gasteiger partial charge in [0.15, 0.2) is 0 Å². The van der Waals surface area contributed by atoms with Gasteiger partial charge >= 0.3 is 0 Å². The first-order chi connectivity index (χ1) is 11.0. The van der Waals surface area contributed by atoms with Crippen molar-refractivity contribution < 1.29 is 4.79 Å². The quantitative estimate of drug-likeness (QED) is 0.532. The molecule has 3 nitrogen and oxygen atoms in total. The fraction of sp³-hybridized carbons (Fsp3) is 0.111. The van der Waals surface area contributed by atoms with E-state index in [1.807, 2.05) is 56.3 Å². The number of nitrogens with one attached hydrogen (secondary N) is 1. The molecule has 0 atom stereocenters. The van der Waals surface area contributed by atoms with Crippen LogP contribution in [-0.2, 0) is 0 Å². The molecular weight excluding hydrogens is 328 g/mol. The standard InChI is InChI=1S/C18H15ClN2OS/c1-11-3-6-13(7-4-11)10-20-21-18(22)17-16(19)14-8-5-12(2)9-15(14)23-17/h3-10H,1-2H3,(H,21,22). The summed E-state index contributed by atoms with van der Waals surface area (Å²) in [7, 11) is 0. The third-order valence-corrected chi connectivity index (χ3v) is 5.10. The van der Waals surface area contributed by atoms with E-state index in [1.165, 1.54) is 16.9 Å². The molecule has 0 aliphatic rings. The average molecular weight is 343 g/mol. The van der Waals surface area contributed by atoms with Crippen LogP contribution in [0.3, 0.4) is 0 Å². The molecular formula is C18H15ClN2OS. The summed E-state index contributed by atoms with van der Waals surface area (Å²) in [5, 5.41) is 5.38. The Hall–Kier alpha value is -2.17. The Bertz CT molecular complexity index is 897. The number of halogens is 1. The normalized spacial score (nSPS) is 11.3. The number of amides is 1. The van der Waals surface area contributed by atoms with Crippen molar-refractivity contribution in [3.8, 4) is 0 Å². The van der Waals surface area contributed by atoms with E-state index in [2.05, 4.69) is 10.5 Å². The fourth-order valence-corrected chi connectivity index (χ4v) is 3.69. The predicted octanol–water partition coefficient (Wildman–Crippen LogP) is 4.94. The van der Waals surface area contributed by atoms with Crippen molar-refractivity contribution >= 4 is 45.1 Å². The summed E-state index contributed by atoms with van der Waals surface area (Å²) in [6.45, 7) is 4.03. The summed E-state index contributed by atoms with van der Waals surface area (Å²) in [5.41, 5.74) is 5.78. The van der Waals surface area contributed by atoms with E-state index in [1.54, 1.807) is 6.21 Å². The van der Waals surface area contributed by atoms with Gasteiger partial charge in [0.05, 0.1) is 11.2 Å². The van der Waals surface area contributed by atoms with E-state index >= 15 is 0 Å². The number of hydrogen-bond acceptors (Lipinski definition) is 3. The number of fused-ring (bicyclic) bond motifs is 1. The lowest BCUT2D eigenvalue weighted by atomic mass is 10.2. The molecule has 5 heteroatoms. The molecule has 2 aromatic carbocycles. The van der Waals surface area contributed by atoms with Crippen LogP contribution in [0.15, 0.2) is 47.6 Å². The third kappa shape index (κ3) is 3.44. The minimum Gasteiger partial charge on any atom is -0.266 e. The number of thiophene rings is 1. The van der Waals surface area contributed by atoms with Crippen molar-refractivity contribution in [2.45, 2.75) is 13.8 Å². The van der Waals surface area contributed by atoms with Gasteiger partial charge < -0.3 is 0 Å². The van der Waals surface area contributed by atoms with Crippen molar-refractivity contribution in [3.05, 3.63) is 69.1 Å². The molecule has 3 rings (SSSR count). The average Bonchev–Trinajstić information content (AvgIpc) is 2.85. The first-order valence-corrected chi connectivity index (χ1v) is 8.33. The zero-order valence-electron chi connectivity index (χ0n) is 12.8. The Morgan fingerprint density at radius 3 is 2.57 bits per heavy atom. The molecule has 1 N–H and O–H groups in total. The van der Waals surface area contributed by atoms with Crippen LogP contribution in [0, 0.1) is 13.8 Å². The third-order valence-electron chi connectivity index (χ3n) is 3.45. The highest BCUT2D eigenvalue weighted by atomic mass is 35.5. The highest BCUT2D eigenvalue weighted by molar-refractivity contribution is 7.21. The van der Waals surface area contributed by atoms with E-state index in [4.69, 9.17) is 11.6 Å². The molecule has 1 aromatic heterocycles. The Labute approximate surface area is 143 Å². The Balaban J connectivity index is 1.78. The zero-order valence-corrected chi connectivity index (χ0v) is 14.3. The fourth-order valence-electron chi connectivity index (χ4n) is 2.19. The number of hydrogen-bond donors (Lipinski definition) is 1. The van der Waals surface area contributed by atoms with Crippen LogP contribution >= 0.6 is 22.9 Å². The topological polar surface area (TPSA) is 41.5 Å². The van der Waals surface area contributed by atoms with Gasteiger partial charge in [-0.1, -0.05) is 53.6 Å². The van der Waals surface area contributed by atoms with Crippen LogP contribution in [-0.4, -0.2) is 12.1 Å². The highest BCUT2D eigenvalue weighted by Gasteiger charge is 2.16. The molecule has 1 amide bonds. The minimum atomic E-state index is -0.294. The number of hydrazone groups is 1. The van der Waals surface area contributed by atoms with Gasteiger partial charge in [-0.25, -0.2) is 5.43 Å². The molecule has 0 fully saturated rings. The summed E-state index contributed by atoms with van der Waals surface area (Å²) >= 11 is 7.69. The van der Waals surface area contributed by atoms with Crippen molar-refractivity contribution in [1.29, 1.82) is 0 Å². The molecule has 0 spiro atoms. The molecule has 0 saturated carbocycles. The van der Waals surface area contributed by atoms with E-state index in [9.17, 15) is 4.79 Å². The van der Waals surface area contributed by atoms with Crippen LogP contribution < -0.4 is 5.43 Å². The van der Waals surface area contributed by atoms with Crippen LogP contribution in [0.25, 0.3) is 10.1 Å². The first-order valence-electron chi connectivity index (χ1n) is 7.13. The van der Waals surface area contributed by atoms with Gasteiger partial charge in [0.2, 0.25) is 0 Å². The van der Waals surface area contributed by atoms with Crippen molar-refractivity contribution in [1.82, 2.24) is 5.43 Å².